The average molecular weight is 260 g/mol. The summed E-state index contributed by atoms with van der Waals surface area (Å²) in [6.45, 7) is 2.47. The van der Waals surface area contributed by atoms with E-state index in [1.54, 1.807) is 0 Å². The van der Waals surface area contributed by atoms with Crippen molar-refractivity contribution < 1.29 is 14.4 Å². The van der Waals surface area contributed by atoms with Gasteiger partial charge in [0.05, 0.1) is 18.1 Å². The lowest BCUT2D eigenvalue weighted by Gasteiger charge is -2.11. The van der Waals surface area contributed by atoms with Crippen molar-refractivity contribution in [3.63, 3.8) is 0 Å². The van der Waals surface area contributed by atoms with Crippen molar-refractivity contribution in [3.8, 4) is 5.88 Å². The number of ether oxygens (including phenoxy) is 2. The van der Waals surface area contributed by atoms with Gasteiger partial charge < -0.3 is 9.47 Å². The van der Waals surface area contributed by atoms with Crippen LogP contribution in [0.4, 0.5) is 5.69 Å². The Morgan fingerprint density at radius 3 is 2.94 bits per heavy atom. The largest absolute Gasteiger partial charge is 0.467 e. The lowest BCUT2D eigenvalue weighted by molar-refractivity contribution is -0.387. The second kappa shape index (κ2) is 4.80. The van der Waals surface area contributed by atoms with Gasteiger partial charge in [0, 0.05) is 6.42 Å². The van der Waals surface area contributed by atoms with Gasteiger partial charge in [-0.3, -0.25) is 10.1 Å². The zero-order valence-corrected chi connectivity index (χ0v) is 9.81. The molecule has 1 aliphatic heterocycles. The number of aromatic nitrogens is 2. The third-order valence-electron chi connectivity index (χ3n) is 2.35. The molecule has 1 fully saturated rings. The van der Waals surface area contributed by atoms with Crippen LogP contribution in [0.3, 0.4) is 0 Å². The van der Waals surface area contributed by atoms with E-state index in [0.29, 0.717) is 19.6 Å². The van der Waals surface area contributed by atoms with E-state index in [1.807, 2.05) is 0 Å². The highest BCUT2D eigenvalue weighted by molar-refractivity contribution is 6.28. The summed E-state index contributed by atoms with van der Waals surface area (Å²) < 4.78 is 10.5. The van der Waals surface area contributed by atoms with Crippen molar-refractivity contribution in [1.82, 2.24) is 9.97 Å². The maximum atomic E-state index is 10.9. The van der Waals surface area contributed by atoms with E-state index in [1.165, 1.54) is 6.92 Å². The normalized spacial score (nSPS) is 19.3. The van der Waals surface area contributed by atoms with Gasteiger partial charge in [-0.25, -0.2) is 4.98 Å². The third-order valence-corrected chi connectivity index (χ3v) is 2.52. The van der Waals surface area contributed by atoms with E-state index < -0.39 is 4.92 Å². The Kier molecular flexibility index (Phi) is 3.39. The second-order valence-corrected chi connectivity index (χ2v) is 3.93. The van der Waals surface area contributed by atoms with E-state index in [0.717, 1.165) is 0 Å². The van der Waals surface area contributed by atoms with Gasteiger partial charge in [0.2, 0.25) is 5.28 Å². The molecule has 1 aromatic rings. The molecule has 0 saturated carbocycles. The Labute approximate surface area is 102 Å². The van der Waals surface area contributed by atoms with E-state index in [-0.39, 0.29) is 28.6 Å². The lowest BCUT2D eigenvalue weighted by Crippen LogP contribution is -2.18. The molecular formula is C9H10ClN3O4. The molecule has 2 heterocycles. The number of nitrogens with zero attached hydrogens (tertiary/aromatic N) is 3. The fourth-order valence-corrected chi connectivity index (χ4v) is 1.77. The highest BCUT2D eigenvalue weighted by Crippen LogP contribution is 2.30. The Bertz CT molecular complexity index is 448. The molecular weight excluding hydrogens is 250 g/mol. The molecule has 92 valence electrons. The van der Waals surface area contributed by atoms with Crippen LogP contribution < -0.4 is 4.74 Å². The maximum absolute atomic E-state index is 10.9. The first-order chi connectivity index (χ1) is 8.08. The lowest BCUT2D eigenvalue weighted by atomic mass is 10.3. The fourth-order valence-electron chi connectivity index (χ4n) is 1.56. The molecule has 17 heavy (non-hydrogen) atoms. The molecule has 2 rings (SSSR count). The number of hydrogen-bond acceptors (Lipinski definition) is 6. The summed E-state index contributed by atoms with van der Waals surface area (Å²) >= 11 is 5.66. The van der Waals surface area contributed by atoms with Crippen LogP contribution in [0.15, 0.2) is 0 Å². The van der Waals surface area contributed by atoms with Gasteiger partial charge in [0.25, 0.3) is 5.88 Å². The van der Waals surface area contributed by atoms with Crippen LogP contribution in [0.1, 0.15) is 12.1 Å². The van der Waals surface area contributed by atoms with E-state index in [4.69, 9.17) is 21.1 Å². The van der Waals surface area contributed by atoms with Gasteiger partial charge in [0.1, 0.15) is 11.8 Å². The molecule has 0 spiro atoms. The van der Waals surface area contributed by atoms with Crippen LogP contribution in [0.2, 0.25) is 5.28 Å². The van der Waals surface area contributed by atoms with Crippen LogP contribution in [-0.4, -0.2) is 34.2 Å². The van der Waals surface area contributed by atoms with Crippen molar-refractivity contribution in [2.75, 3.05) is 13.2 Å². The van der Waals surface area contributed by atoms with Crippen molar-refractivity contribution in [3.05, 3.63) is 21.1 Å². The van der Waals surface area contributed by atoms with Gasteiger partial charge in [-0.1, -0.05) is 0 Å². The molecule has 1 aromatic heterocycles. The molecule has 8 heteroatoms. The Morgan fingerprint density at radius 2 is 2.35 bits per heavy atom. The molecule has 0 radical (unpaired) electrons. The van der Waals surface area contributed by atoms with E-state index in [2.05, 4.69) is 9.97 Å². The molecule has 1 aliphatic rings. The topological polar surface area (TPSA) is 87.4 Å². The summed E-state index contributed by atoms with van der Waals surface area (Å²) in [4.78, 5) is 17.8. The summed E-state index contributed by atoms with van der Waals surface area (Å²) in [6.07, 6.45) is 0.455. The van der Waals surface area contributed by atoms with E-state index >= 15 is 0 Å². The SMILES string of the molecule is Cc1nc(Cl)nc(OC2CCOC2)c1[N+](=O)[O-]. The van der Waals surface area contributed by atoms with Gasteiger partial charge in [-0.2, -0.15) is 4.98 Å². The summed E-state index contributed by atoms with van der Waals surface area (Å²) in [5.41, 5.74) is -0.0646. The smallest absolute Gasteiger partial charge is 0.352 e. The first kappa shape index (κ1) is 12.0. The highest BCUT2D eigenvalue weighted by Gasteiger charge is 2.27. The van der Waals surface area contributed by atoms with Crippen molar-refractivity contribution in [2.45, 2.75) is 19.4 Å². The number of aryl methyl sites for hydroxylation is 1. The van der Waals surface area contributed by atoms with Crippen LogP contribution in [0.5, 0.6) is 5.88 Å². The monoisotopic (exact) mass is 259 g/mol. The molecule has 1 unspecified atom stereocenters. The van der Waals surface area contributed by atoms with Gasteiger partial charge in [-0.05, 0) is 18.5 Å². The molecule has 0 aliphatic carbocycles. The highest BCUT2D eigenvalue weighted by atomic mass is 35.5. The molecule has 0 bridgehead atoms. The van der Waals surface area contributed by atoms with Crippen molar-refractivity contribution in [1.29, 1.82) is 0 Å². The third kappa shape index (κ3) is 2.62. The van der Waals surface area contributed by atoms with Crippen molar-refractivity contribution in [2.24, 2.45) is 0 Å². The minimum absolute atomic E-state index is 0.0676. The maximum Gasteiger partial charge on any atom is 0.352 e. The van der Waals surface area contributed by atoms with Crippen LogP contribution in [0.25, 0.3) is 0 Å². The summed E-state index contributed by atoms with van der Waals surface area (Å²) in [7, 11) is 0. The van der Waals surface area contributed by atoms with Gasteiger partial charge in [-0.15, -0.1) is 0 Å². The predicted octanol–water partition coefficient (Wildman–Crippen LogP) is 1.51. The first-order valence-corrected chi connectivity index (χ1v) is 5.38. The molecule has 1 saturated heterocycles. The molecule has 0 amide bonds. The Morgan fingerprint density at radius 1 is 1.59 bits per heavy atom. The quantitative estimate of drug-likeness (QED) is 0.464. The van der Waals surface area contributed by atoms with Crippen LogP contribution in [-0.2, 0) is 4.74 Å². The minimum atomic E-state index is -0.573. The summed E-state index contributed by atoms with van der Waals surface area (Å²) in [6, 6.07) is 0. The fraction of sp³-hybridized carbons (Fsp3) is 0.556. The Hall–Kier alpha value is -1.47. The van der Waals surface area contributed by atoms with Gasteiger partial charge >= 0.3 is 5.69 Å². The molecule has 1 atom stereocenters. The molecule has 7 nitrogen and oxygen atoms in total. The average Bonchev–Trinajstić information content (AvgIpc) is 2.68. The van der Waals surface area contributed by atoms with Crippen LogP contribution >= 0.6 is 11.6 Å². The number of halogens is 1. The van der Waals surface area contributed by atoms with Crippen LogP contribution in [0, 0.1) is 17.0 Å². The van der Waals surface area contributed by atoms with Gasteiger partial charge in [0.15, 0.2) is 0 Å². The minimum Gasteiger partial charge on any atom is -0.467 e. The predicted molar refractivity (Wildman–Crippen MR) is 58.3 cm³/mol. The standard InChI is InChI=1S/C9H10ClN3O4/c1-5-7(13(14)15)8(12-9(10)11-5)17-6-2-3-16-4-6/h6H,2-4H2,1H3. The Balaban J connectivity index is 2.32. The van der Waals surface area contributed by atoms with E-state index in [9.17, 15) is 10.1 Å². The zero-order chi connectivity index (χ0) is 12.4. The second-order valence-electron chi connectivity index (χ2n) is 3.59. The molecule has 0 aromatic carbocycles. The summed E-state index contributed by atoms with van der Waals surface area (Å²) in [5.74, 6) is -0.0944. The van der Waals surface area contributed by atoms with Crippen molar-refractivity contribution >= 4 is 17.3 Å². The molecule has 0 N–H and O–H groups in total. The first-order valence-electron chi connectivity index (χ1n) is 5.01. The summed E-state index contributed by atoms with van der Waals surface area (Å²) in [5, 5.41) is 10.8. The number of rotatable bonds is 3. The number of nitro groups is 1. The zero-order valence-electron chi connectivity index (χ0n) is 9.05. The number of hydrogen-bond donors (Lipinski definition) is 0.